The van der Waals surface area contributed by atoms with E-state index in [9.17, 15) is 9.59 Å². The van der Waals surface area contributed by atoms with Crippen LogP contribution in [0.3, 0.4) is 0 Å². The lowest BCUT2D eigenvalue weighted by Crippen LogP contribution is -2.57. The van der Waals surface area contributed by atoms with Crippen LogP contribution in [0, 0.1) is 0 Å². The minimum atomic E-state index is -0.986. The first-order valence-corrected chi connectivity index (χ1v) is 8.59. The van der Waals surface area contributed by atoms with Crippen molar-refractivity contribution in [2.75, 3.05) is 5.32 Å². The summed E-state index contributed by atoms with van der Waals surface area (Å²) in [6.45, 7) is 0. The van der Waals surface area contributed by atoms with Gasteiger partial charge in [0.1, 0.15) is 0 Å². The molecule has 4 heteroatoms. The van der Waals surface area contributed by atoms with Gasteiger partial charge >= 0.3 is 0 Å². The maximum Gasteiger partial charge on any atom is 0.255 e. The quantitative estimate of drug-likeness (QED) is 0.710. The Morgan fingerprint density at radius 1 is 0.692 bits per heavy atom. The smallest absolute Gasteiger partial charge is 0.255 e. The summed E-state index contributed by atoms with van der Waals surface area (Å²) < 4.78 is 0. The van der Waals surface area contributed by atoms with Crippen LogP contribution in [0.4, 0.5) is 5.69 Å². The fraction of sp³-hybridized carbons (Fsp3) is 0.0909. The Bertz CT molecular complexity index is 1040. The molecule has 2 atom stereocenters. The molecule has 0 bridgehead atoms. The molecule has 0 radical (unpaired) electrons. The fourth-order valence-electron chi connectivity index (χ4n) is 4.16. The van der Waals surface area contributed by atoms with Crippen molar-refractivity contribution in [3.05, 3.63) is 101 Å². The predicted molar refractivity (Wildman–Crippen MR) is 99.2 cm³/mol. The van der Waals surface area contributed by atoms with Gasteiger partial charge in [0.05, 0.1) is 11.5 Å². The van der Waals surface area contributed by atoms with Crippen molar-refractivity contribution in [1.29, 1.82) is 0 Å². The number of carbonyl (C=O) groups excluding carboxylic acids is 2. The van der Waals surface area contributed by atoms with Crippen LogP contribution in [0.1, 0.15) is 37.8 Å². The summed E-state index contributed by atoms with van der Waals surface area (Å²) in [5, 5.41) is 6.60. The van der Waals surface area contributed by atoms with Crippen LogP contribution in [0.5, 0.6) is 0 Å². The highest BCUT2D eigenvalue weighted by atomic mass is 16.2. The zero-order chi connectivity index (χ0) is 17.7. The van der Waals surface area contributed by atoms with Gasteiger partial charge in [0, 0.05) is 16.8 Å². The number of para-hydroxylation sites is 1. The molecular weight excluding hydrogens is 324 g/mol. The average Bonchev–Trinajstić information content (AvgIpc) is 2.91. The van der Waals surface area contributed by atoms with Gasteiger partial charge in [0.2, 0.25) is 0 Å². The molecule has 1 heterocycles. The summed E-state index contributed by atoms with van der Waals surface area (Å²) in [6.07, 6.45) is 0. The number of anilines is 1. The zero-order valence-corrected chi connectivity index (χ0v) is 13.9. The molecule has 1 aliphatic heterocycles. The van der Waals surface area contributed by atoms with E-state index in [1.807, 2.05) is 72.8 Å². The molecule has 0 aromatic heterocycles. The molecule has 3 aromatic rings. The fourth-order valence-corrected chi connectivity index (χ4v) is 4.16. The summed E-state index contributed by atoms with van der Waals surface area (Å²) >= 11 is 0. The monoisotopic (exact) mass is 340 g/mol. The number of rotatable bonds is 1. The average molecular weight is 340 g/mol. The maximum absolute atomic E-state index is 13.3. The lowest BCUT2D eigenvalue weighted by molar-refractivity contribution is 0.0854. The van der Waals surface area contributed by atoms with Gasteiger partial charge in [-0.05, 0) is 17.7 Å². The van der Waals surface area contributed by atoms with E-state index in [1.165, 1.54) is 0 Å². The van der Waals surface area contributed by atoms with Gasteiger partial charge < -0.3 is 10.6 Å². The van der Waals surface area contributed by atoms with E-state index in [1.54, 1.807) is 6.07 Å². The van der Waals surface area contributed by atoms with Crippen molar-refractivity contribution in [2.24, 2.45) is 0 Å². The Balaban J connectivity index is 1.77. The van der Waals surface area contributed by atoms with Gasteiger partial charge in [0.15, 0.2) is 11.4 Å². The van der Waals surface area contributed by atoms with Crippen LogP contribution >= 0.6 is 0 Å². The molecule has 1 aliphatic carbocycles. The molecule has 1 amide bonds. The van der Waals surface area contributed by atoms with E-state index >= 15 is 0 Å². The lowest BCUT2D eigenvalue weighted by atomic mass is 9.83. The van der Waals surface area contributed by atoms with E-state index < -0.39 is 11.6 Å². The highest BCUT2D eigenvalue weighted by Gasteiger charge is 2.55. The number of ketones is 1. The minimum absolute atomic E-state index is 0.0129. The molecule has 2 N–H and O–H groups in total. The van der Waals surface area contributed by atoms with Crippen LogP contribution in [-0.4, -0.2) is 11.7 Å². The van der Waals surface area contributed by atoms with Crippen LogP contribution < -0.4 is 10.6 Å². The van der Waals surface area contributed by atoms with Crippen LogP contribution in [0.2, 0.25) is 0 Å². The van der Waals surface area contributed by atoms with Gasteiger partial charge in [0.25, 0.3) is 5.91 Å². The molecule has 3 aromatic carbocycles. The molecule has 1 spiro atoms. The van der Waals surface area contributed by atoms with Crippen molar-refractivity contribution in [1.82, 2.24) is 5.32 Å². The van der Waals surface area contributed by atoms with Gasteiger partial charge in [-0.2, -0.15) is 0 Å². The number of fused-ring (bicyclic) bond motifs is 3. The summed E-state index contributed by atoms with van der Waals surface area (Å²) in [5.41, 5.74) is 2.67. The normalized spacial score (nSPS) is 23.2. The van der Waals surface area contributed by atoms with Crippen molar-refractivity contribution >= 4 is 17.4 Å². The van der Waals surface area contributed by atoms with E-state index in [4.69, 9.17) is 0 Å². The Hall–Kier alpha value is -3.40. The third-order valence-electron chi connectivity index (χ3n) is 5.26. The van der Waals surface area contributed by atoms with Crippen LogP contribution in [-0.2, 0) is 5.66 Å². The van der Waals surface area contributed by atoms with Crippen molar-refractivity contribution in [3.8, 4) is 0 Å². The van der Waals surface area contributed by atoms with Crippen molar-refractivity contribution in [2.45, 2.75) is 11.6 Å². The molecule has 4 nitrogen and oxygen atoms in total. The molecule has 126 valence electrons. The van der Waals surface area contributed by atoms with Gasteiger partial charge in [-0.25, -0.2) is 0 Å². The Labute approximate surface area is 150 Å². The summed E-state index contributed by atoms with van der Waals surface area (Å²) in [6, 6.07) is 24.5. The van der Waals surface area contributed by atoms with Crippen molar-refractivity contribution < 1.29 is 9.59 Å². The van der Waals surface area contributed by atoms with E-state index in [2.05, 4.69) is 10.6 Å². The van der Waals surface area contributed by atoms with E-state index in [0.717, 1.165) is 16.8 Å². The van der Waals surface area contributed by atoms with E-state index in [-0.39, 0.29) is 11.7 Å². The highest BCUT2D eigenvalue weighted by molar-refractivity contribution is 6.11. The Kier molecular flexibility index (Phi) is 3.04. The van der Waals surface area contributed by atoms with Gasteiger partial charge in [-0.1, -0.05) is 66.7 Å². The standard InChI is InChI=1S/C22H16N2O2/c25-20-15-10-4-6-12-17(15)22(19(20)14-8-2-1-3-9-14)23-18-13-7-5-11-16(18)21(26)24-22/h1-13,19,23H,(H,24,26)/t19-,22+/m1/s1. The predicted octanol–water partition coefficient (Wildman–Crippen LogP) is 3.68. The van der Waals surface area contributed by atoms with Crippen LogP contribution in [0.25, 0.3) is 0 Å². The Morgan fingerprint density at radius 3 is 2.15 bits per heavy atom. The first-order valence-electron chi connectivity index (χ1n) is 8.59. The van der Waals surface area contributed by atoms with E-state index in [0.29, 0.717) is 11.1 Å². The van der Waals surface area contributed by atoms with Crippen LogP contribution in [0.15, 0.2) is 78.9 Å². The lowest BCUT2D eigenvalue weighted by Gasteiger charge is -2.42. The molecule has 2 aliphatic rings. The molecule has 0 saturated heterocycles. The van der Waals surface area contributed by atoms with Gasteiger partial charge in [-0.3, -0.25) is 9.59 Å². The number of amides is 1. The third-order valence-corrected chi connectivity index (χ3v) is 5.26. The molecule has 0 saturated carbocycles. The van der Waals surface area contributed by atoms with Gasteiger partial charge in [-0.15, -0.1) is 0 Å². The first kappa shape index (κ1) is 14.9. The zero-order valence-electron chi connectivity index (χ0n) is 13.9. The number of carbonyl (C=O) groups is 2. The highest BCUT2D eigenvalue weighted by Crippen LogP contribution is 2.49. The molecule has 0 unspecified atom stereocenters. The number of hydrogen-bond acceptors (Lipinski definition) is 3. The molecule has 26 heavy (non-hydrogen) atoms. The number of hydrogen-bond donors (Lipinski definition) is 2. The first-order chi connectivity index (χ1) is 12.7. The topological polar surface area (TPSA) is 58.2 Å². The maximum atomic E-state index is 13.3. The summed E-state index contributed by atoms with van der Waals surface area (Å²) in [4.78, 5) is 26.2. The van der Waals surface area contributed by atoms with Crippen molar-refractivity contribution in [3.63, 3.8) is 0 Å². The number of nitrogens with one attached hydrogen (secondary N) is 2. The third kappa shape index (κ3) is 1.90. The molecule has 5 rings (SSSR count). The molecular formula is C22H16N2O2. The number of benzene rings is 3. The second-order valence-corrected chi connectivity index (χ2v) is 6.69. The minimum Gasteiger partial charge on any atom is -0.357 e. The summed E-state index contributed by atoms with van der Waals surface area (Å²) in [5.74, 6) is -0.692. The SMILES string of the molecule is O=C1N[C@@]2(Nc3ccccc31)c1ccccc1C(=O)[C@H]2c1ccccc1. The summed E-state index contributed by atoms with van der Waals surface area (Å²) in [7, 11) is 0. The largest absolute Gasteiger partial charge is 0.357 e. The molecule has 0 fully saturated rings. The Morgan fingerprint density at radius 2 is 1.35 bits per heavy atom. The number of Topliss-reactive ketones (excluding diaryl/α,β-unsaturated/α-hetero) is 1. The second kappa shape index (κ2) is 5.30. The second-order valence-electron chi connectivity index (χ2n) is 6.69.